The summed E-state index contributed by atoms with van der Waals surface area (Å²) in [5.74, 6) is -0.987. The van der Waals surface area contributed by atoms with Crippen LogP contribution >= 0.6 is 0 Å². The Kier molecular flexibility index (Phi) is 5.64. The smallest absolute Gasteiger partial charge is 0.305 e. The normalized spacial score (nSPS) is 9.78. The van der Waals surface area contributed by atoms with Gasteiger partial charge in [0.25, 0.3) is 0 Å². The molecule has 1 aromatic carbocycles. The van der Waals surface area contributed by atoms with Crippen LogP contribution in [-0.4, -0.2) is 35.0 Å². The van der Waals surface area contributed by atoms with Gasteiger partial charge in [-0.25, -0.2) is 0 Å². The second-order valence-electron chi connectivity index (χ2n) is 3.93. The second kappa shape index (κ2) is 7.27. The molecular weight excluding hydrogens is 230 g/mol. The van der Waals surface area contributed by atoms with E-state index in [1.54, 1.807) is 6.08 Å². The van der Waals surface area contributed by atoms with Gasteiger partial charge >= 0.3 is 5.97 Å². The van der Waals surface area contributed by atoms with Gasteiger partial charge in [0.05, 0.1) is 12.8 Å². The highest BCUT2D eigenvalue weighted by molar-refractivity contribution is 5.79. The number of benzene rings is 1. The Bertz CT molecular complexity index is 414. The van der Waals surface area contributed by atoms with Crippen molar-refractivity contribution in [2.75, 3.05) is 13.1 Å². The summed E-state index contributed by atoms with van der Waals surface area (Å²) in [6.45, 7) is 4.16. The maximum absolute atomic E-state index is 12.0. The minimum absolute atomic E-state index is 0.0473. The first kappa shape index (κ1) is 14.0. The lowest BCUT2D eigenvalue weighted by molar-refractivity contribution is -0.138. The van der Waals surface area contributed by atoms with Crippen molar-refractivity contribution in [1.29, 1.82) is 0 Å². The van der Waals surface area contributed by atoms with Crippen LogP contribution in [0.2, 0.25) is 0 Å². The van der Waals surface area contributed by atoms with Crippen LogP contribution in [0.15, 0.2) is 43.0 Å². The molecule has 18 heavy (non-hydrogen) atoms. The van der Waals surface area contributed by atoms with Gasteiger partial charge in [-0.2, -0.15) is 0 Å². The highest BCUT2D eigenvalue weighted by atomic mass is 16.4. The predicted octanol–water partition coefficient (Wildman–Crippen LogP) is 1.72. The van der Waals surface area contributed by atoms with Crippen LogP contribution in [-0.2, 0) is 16.0 Å². The molecule has 0 saturated carbocycles. The molecule has 4 nitrogen and oxygen atoms in total. The number of nitrogens with zero attached hydrogens (tertiary/aromatic N) is 1. The number of aliphatic carboxylic acids is 1. The molecule has 0 unspecified atom stereocenters. The fraction of sp³-hybridized carbons (Fsp3) is 0.286. The molecule has 0 aliphatic heterocycles. The summed E-state index contributed by atoms with van der Waals surface area (Å²) >= 11 is 0. The van der Waals surface area contributed by atoms with E-state index in [1.807, 2.05) is 30.3 Å². The topological polar surface area (TPSA) is 57.6 Å². The van der Waals surface area contributed by atoms with Crippen LogP contribution in [0, 0.1) is 0 Å². The molecule has 0 radical (unpaired) electrons. The molecule has 1 amide bonds. The van der Waals surface area contributed by atoms with Crippen molar-refractivity contribution in [3.63, 3.8) is 0 Å². The van der Waals surface area contributed by atoms with Crippen LogP contribution in [0.25, 0.3) is 0 Å². The Morgan fingerprint density at radius 3 is 2.50 bits per heavy atom. The third kappa shape index (κ3) is 4.82. The van der Waals surface area contributed by atoms with Gasteiger partial charge in [0.2, 0.25) is 5.91 Å². The molecule has 0 bridgehead atoms. The van der Waals surface area contributed by atoms with Crippen LogP contribution in [0.4, 0.5) is 0 Å². The highest BCUT2D eigenvalue weighted by Gasteiger charge is 2.13. The molecule has 0 aliphatic rings. The highest BCUT2D eigenvalue weighted by Crippen LogP contribution is 2.04. The molecule has 1 aromatic rings. The van der Waals surface area contributed by atoms with Gasteiger partial charge in [-0.05, 0) is 5.56 Å². The lowest BCUT2D eigenvalue weighted by Crippen LogP contribution is -2.34. The van der Waals surface area contributed by atoms with Crippen LogP contribution in [0.3, 0.4) is 0 Å². The van der Waals surface area contributed by atoms with E-state index < -0.39 is 5.97 Å². The average Bonchev–Trinajstić information content (AvgIpc) is 2.35. The standard InChI is InChI=1S/C14H17NO3/c1-2-9-15(10-8-14(17)18)13(16)11-12-6-4-3-5-7-12/h2-7H,1,8-11H2,(H,17,18). The minimum atomic E-state index is -0.906. The van der Waals surface area contributed by atoms with Crippen LogP contribution in [0.1, 0.15) is 12.0 Å². The number of amides is 1. The molecule has 0 saturated heterocycles. The molecule has 4 heteroatoms. The Balaban J connectivity index is 2.59. The third-order valence-corrected chi connectivity index (χ3v) is 2.50. The van der Waals surface area contributed by atoms with Gasteiger partial charge in [0.15, 0.2) is 0 Å². The van der Waals surface area contributed by atoms with Crippen molar-refractivity contribution in [2.24, 2.45) is 0 Å². The SMILES string of the molecule is C=CCN(CCC(=O)O)C(=O)Cc1ccccc1. The summed E-state index contributed by atoms with van der Waals surface area (Å²) < 4.78 is 0. The van der Waals surface area contributed by atoms with E-state index in [4.69, 9.17) is 5.11 Å². The quantitative estimate of drug-likeness (QED) is 0.746. The van der Waals surface area contributed by atoms with E-state index in [0.29, 0.717) is 6.54 Å². The zero-order chi connectivity index (χ0) is 13.4. The fourth-order valence-corrected chi connectivity index (χ4v) is 1.59. The predicted molar refractivity (Wildman–Crippen MR) is 69.2 cm³/mol. The number of carbonyl (C=O) groups excluding carboxylic acids is 1. The van der Waals surface area contributed by atoms with Crippen molar-refractivity contribution < 1.29 is 14.7 Å². The molecule has 0 aliphatic carbocycles. The Morgan fingerprint density at radius 1 is 1.28 bits per heavy atom. The lowest BCUT2D eigenvalue weighted by atomic mass is 10.1. The summed E-state index contributed by atoms with van der Waals surface area (Å²) in [6.07, 6.45) is 1.84. The summed E-state index contributed by atoms with van der Waals surface area (Å²) in [5.41, 5.74) is 0.923. The Labute approximate surface area is 107 Å². The zero-order valence-corrected chi connectivity index (χ0v) is 10.2. The van der Waals surface area contributed by atoms with Crippen molar-refractivity contribution in [3.05, 3.63) is 48.6 Å². The number of hydrogen-bond acceptors (Lipinski definition) is 2. The van der Waals surface area contributed by atoms with E-state index in [-0.39, 0.29) is 25.3 Å². The molecule has 0 heterocycles. The monoisotopic (exact) mass is 247 g/mol. The van der Waals surface area contributed by atoms with E-state index in [9.17, 15) is 9.59 Å². The summed E-state index contributed by atoms with van der Waals surface area (Å²) in [4.78, 5) is 24.0. The molecule has 0 fully saturated rings. The maximum Gasteiger partial charge on any atom is 0.305 e. The van der Waals surface area contributed by atoms with Crippen molar-refractivity contribution in [2.45, 2.75) is 12.8 Å². The number of carboxylic acid groups (broad SMARTS) is 1. The van der Waals surface area contributed by atoms with Gasteiger partial charge < -0.3 is 10.0 Å². The minimum Gasteiger partial charge on any atom is -0.481 e. The molecule has 1 rings (SSSR count). The fourth-order valence-electron chi connectivity index (χ4n) is 1.59. The first-order chi connectivity index (χ1) is 8.63. The molecule has 1 N–H and O–H groups in total. The number of rotatable bonds is 7. The van der Waals surface area contributed by atoms with E-state index in [2.05, 4.69) is 6.58 Å². The number of hydrogen-bond donors (Lipinski definition) is 1. The first-order valence-electron chi connectivity index (χ1n) is 5.78. The van der Waals surface area contributed by atoms with Gasteiger partial charge in [-0.3, -0.25) is 9.59 Å². The summed E-state index contributed by atoms with van der Waals surface area (Å²) in [6, 6.07) is 9.39. The van der Waals surface area contributed by atoms with Crippen molar-refractivity contribution in [3.8, 4) is 0 Å². The lowest BCUT2D eigenvalue weighted by Gasteiger charge is -2.20. The van der Waals surface area contributed by atoms with Crippen LogP contribution in [0.5, 0.6) is 0 Å². The third-order valence-electron chi connectivity index (χ3n) is 2.50. The second-order valence-corrected chi connectivity index (χ2v) is 3.93. The molecule has 0 spiro atoms. The van der Waals surface area contributed by atoms with Gasteiger partial charge in [-0.1, -0.05) is 36.4 Å². The van der Waals surface area contributed by atoms with Crippen molar-refractivity contribution >= 4 is 11.9 Å². The molecule has 0 atom stereocenters. The number of carbonyl (C=O) groups is 2. The largest absolute Gasteiger partial charge is 0.481 e. The van der Waals surface area contributed by atoms with Gasteiger partial charge in [0, 0.05) is 13.1 Å². The Hall–Kier alpha value is -2.10. The average molecular weight is 247 g/mol. The zero-order valence-electron chi connectivity index (χ0n) is 10.2. The van der Waals surface area contributed by atoms with Crippen molar-refractivity contribution in [1.82, 2.24) is 4.90 Å². The Morgan fingerprint density at radius 2 is 1.94 bits per heavy atom. The van der Waals surface area contributed by atoms with E-state index >= 15 is 0 Å². The van der Waals surface area contributed by atoms with Gasteiger partial charge in [0.1, 0.15) is 0 Å². The summed E-state index contributed by atoms with van der Waals surface area (Å²) in [7, 11) is 0. The molecule has 96 valence electrons. The molecular formula is C14H17NO3. The van der Waals surface area contributed by atoms with Gasteiger partial charge in [-0.15, -0.1) is 6.58 Å². The van der Waals surface area contributed by atoms with E-state index in [1.165, 1.54) is 4.90 Å². The van der Waals surface area contributed by atoms with E-state index in [0.717, 1.165) is 5.56 Å². The van der Waals surface area contributed by atoms with Crippen LogP contribution < -0.4 is 0 Å². The summed E-state index contributed by atoms with van der Waals surface area (Å²) in [5, 5.41) is 8.64. The molecule has 0 aromatic heterocycles. The number of carboxylic acids is 1. The maximum atomic E-state index is 12.0. The first-order valence-corrected chi connectivity index (χ1v) is 5.78.